The Balaban J connectivity index is 1.41. The molecule has 5 aromatic rings. The maximum absolute atomic E-state index is 12.9. The number of aliphatic hydroxyl groups is 1. The lowest BCUT2D eigenvalue weighted by Crippen LogP contribution is -2.10. The molecule has 0 amide bonds. The summed E-state index contributed by atoms with van der Waals surface area (Å²) in [6, 6.07) is 9.88. The zero-order chi connectivity index (χ0) is 33.3. The number of fused-ring (bicyclic) bond motifs is 1. The minimum atomic E-state index is -0.423. The van der Waals surface area contributed by atoms with Gasteiger partial charge in [0.15, 0.2) is 0 Å². The fourth-order valence-electron chi connectivity index (χ4n) is 5.89. The van der Waals surface area contributed by atoms with Crippen molar-refractivity contribution in [2.24, 2.45) is 21.1 Å². The van der Waals surface area contributed by atoms with Crippen LogP contribution < -0.4 is 0 Å². The number of aliphatic hydroxyl groups excluding tert-OH is 1. The summed E-state index contributed by atoms with van der Waals surface area (Å²) in [5.41, 5.74) is 9.87. The minimum Gasteiger partial charge on any atom is -0.508 e. The summed E-state index contributed by atoms with van der Waals surface area (Å²) in [4.78, 5) is 14.0. The lowest BCUT2D eigenvalue weighted by Gasteiger charge is -2.11. The second kappa shape index (κ2) is 14.2. The molecule has 0 fully saturated rings. The molecule has 0 aliphatic heterocycles. The van der Waals surface area contributed by atoms with Crippen LogP contribution in [0.5, 0.6) is 5.75 Å². The standard InChI is InChI=1S/C34H40ClN5O4S2/c1-19-13-24(15-29(42)20(19)2)46-17-23-14-22(36-40(23)6)16-45-18-28-30(21(3)39(5)37-28)31-27(35)11-10-26-25(9-8-12-41)33(34(43)44-7)38(4)32(26)31/h10-11,13-15,41-42H,8-9,12,16-18H2,1-7H3. The number of aromatic nitrogens is 5. The predicted molar refractivity (Wildman–Crippen MR) is 187 cm³/mol. The Kier molecular flexibility index (Phi) is 10.5. The number of hydrogen-bond donors (Lipinski definition) is 2. The van der Waals surface area contributed by atoms with Crippen LogP contribution in [0.25, 0.3) is 22.0 Å². The molecule has 2 N–H and O–H groups in total. The predicted octanol–water partition coefficient (Wildman–Crippen LogP) is 7.03. The molecule has 3 heterocycles. The Morgan fingerprint density at radius 1 is 1.00 bits per heavy atom. The Labute approximate surface area is 282 Å². The highest BCUT2D eigenvalue weighted by Gasteiger charge is 2.27. The molecule has 3 aromatic heterocycles. The fraction of sp³-hybridized carbons (Fsp3) is 0.382. The third-order valence-corrected chi connectivity index (χ3v) is 10.8. The van der Waals surface area contributed by atoms with Crippen molar-refractivity contribution in [3.63, 3.8) is 0 Å². The zero-order valence-electron chi connectivity index (χ0n) is 27.3. The monoisotopic (exact) mass is 681 g/mol. The molecular formula is C34H40ClN5O4S2. The fourth-order valence-corrected chi connectivity index (χ4v) is 8.02. The average Bonchev–Trinajstić information content (AvgIpc) is 3.62. The first-order chi connectivity index (χ1) is 22.0. The second-order valence-corrected chi connectivity index (χ2v) is 13.9. The summed E-state index contributed by atoms with van der Waals surface area (Å²) in [7, 11) is 7.12. The Hall–Kier alpha value is -3.38. The number of aryl methyl sites for hydroxylation is 5. The number of thioether (sulfide) groups is 2. The van der Waals surface area contributed by atoms with Crippen molar-refractivity contribution in [1.82, 2.24) is 24.1 Å². The summed E-state index contributed by atoms with van der Waals surface area (Å²) in [6.07, 6.45) is 1.06. The van der Waals surface area contributed by atoms with E-state index in [1.54, 1.807) is 23.5 Å². The number of halogens is 1. The molecule has 0 atom stereocenters. The SMILES string of the molecule is COC(=O)c1c(CCCO)c2ccc(Cl)c(-c3c(CSCc4cc(CSc5cc(C)c(C)c(O)c5)n(C)n4)nn(C)c3C)c2n1C. The van der Waals surface area contributed by atoms with Crippen LogP contribution in [-0.4, -0.2) is 54.0 Å². The van der Waals surface area contributed by atoms with Gasteiger partial charge in [-0.3, -0.25) is 9.36 Å². The first kappa shape index (κ1) is 34.0. The van der Waals surface area contributed by atoms with Gasteiger partial charge in [0.05, 0.1) is 29.0 Å². The van der Waals surface area contributed by atoms with Crippen molar-refractivity contribution in [1.29, 1.82) is 0 Å². The third-order valence-electron chi connectivity index (χ3n) is 8.55. The molecule has 0 saturated carbocycles. The molecule has 0 spiro atoms. The Bertz CT molecular complexity index is 1900. The highest BCUT2D eigenvalue weighted by molar-refractivity contribution is 7.98. The van der Waals surface area contributed by atoms with Gasteiger partial charge in [0.1, 0.15) is 11.4 Å². The van der Waals surface area contributed by atoms with E-state index in [4.69, 9.17) is 26.5 Å². The number of esters is 1. The van der Waals surface area contributed by atoms with Gasteiger partial charge in [-0.05, 0) is 74.6 Å². The van der Waals surface area contributed by atoms with Crippen molar-refractivity contribution >= 4 is 52.0 Å². The number of benzene rings is 2. The van der Waals surface area contributed by atoms with Crippen LogP contribution in [0.1, 0.15) is 56.4 Å². The quantitative estimate of drug-likeness (QED) is 0.107. The number of phenols is 1. The maximum atomic E-state index is 12.9. The van der Waals surface area contributed by atoms with Crippen molar-refractivity contribution < 1.29 is 19.7 Å². The number of carbonyl (C=O) groups excluding carboxylic acids is 1. The first-order valence-electron chi connectivity index (χ1n) is 15.0. The van der Waals surface area contributed by atoms with E-state index in [2.05, 4.69) is 12.1 Å². The summed E-state index contributed by atoms with van der Waals surface area (Å²) in [6.45, 7) is 5.99. The largest absolute Gasteiger partial charge is 0.508 e. The average molecular weight is 682 g/mol. The third kappa shape index (κ3) is 6.56. The molecule has 5 rings (SSSR count). The van der Waals surface area contributed by atoms with Crippen LogP contribution in [0, 0.1) is 20.8 Å². The van der Waals surface area contributed by atoms with Crippen molar-refractivity contribution in [3.05, 3.63) is 80.5 Å². The van der Waals surface area contributed by atoms with E-state index in [1.807, 2.05) is 74.0 Å². The minimum absolute atomic E-state index is 0.0220. The number of carbonyl (C=O) groups is 1. The van der Waals surface area contributed by atoms with Gasteiger partial charge in [-0.2, -0.15) is 10.2 Å². The normalized spacial score (nSPS) is 11.6. The van der Waals surface area contributed by atoms with Gasteiger partial charge in [-0.25, -0.2) is 4.79 Å². The van der Waals surface area contributed by atoms with E-state index in [0.29, 0.717) is 40.8 Å². The van der Waals surface area contributed by atoms with E-state index >= 15 is 0 Å². The first-order valence-corrected chi connectivity index (χ1v) is 17.5. The summed E-state index contributed by atoms with van der Waals surface area (Å²) >= 11 is 10.4. The van der Waals surface area contributed by atoms with Crippen LogP contribution in [0.2, 0.25) is 5.02 Å². The van der Waals surface area contributed by atoms with Gasteiger partial charge < -0.3 is 19.5 Å². The summed E-state index contributed by atoms with van der Waals surface area (Å²) in [5.74, 6) is 1.99. The molecule has 46 heavy (non-hydrogen) atoms. The van der Waals surface area contributed by atoms with Gasteiger partial charge in [0, 0.05) is 77.8 Å². The molecule has 12 heteroatoms. The zero-order valence-corrected chi connectivity index (χ0v) is 29.7. The van der Waals surface area contributed by atoms with E-state index in [-0.39, 0.29) is 6.61 Å². The number of ether oxygens (including phenoxy) is 1. The van der Waals surface area contributed by atoms with Crippen molar-refractivity contribution in [2.45, 2.75) is 55.8 Å². The number of phenolic OH excluding ortho intramolecular Hbond substituents is 1. The van der Waals surface area contributed by atoms with Crippen LogP contribution in [0.15, 0.2) is 35.2 Å². The molecule has 2 aromatic carbocycles. The van der Waals surface area contributed by atoms with Crippen molar-refractivity contribution in [2.75, 3.05) is 13.7 Å². The van der Waals surface area contributed by atoms with Crippen LogP contribution in [0.4, 0.5) is 0 Å². The van der Waals surface area contributed by atoms with Crippen LogP contribution >= 0.6 is 35.1 Å². The molecule has 0 aliphatic carbocycles. The van der Waals surface area contributed by atoms with E-state index in [0.717, 1.165) is 72.1 Å². The Morgan fingerprint density at radius 2 is 1.76 bits per heavy atom. The molecule has 0 radical (unpaired) electrons. The summed E-state index contributed by atoms with van der Waals surface area (Å²) < 4.78 is 10.8. The van der Waals surface area contributed by atoms with Gasteiger partial charge in [0.2, 0.25) is 0 Å². The lowest BCUT2D eigenvalue weighted by molar-refractivity contribution is 0.0589. The molecule has 0 aliphatic rings. The van der Waals surface area contributed by atoms with Gasteiger partial charge >= 0.3 is 5.97 Å². The highest BCUT2D eigenvalue weighted by atomic mass is 35.5. The highest BCUT2D eigenvalue weighted by Crippen LogP contribution is 2.42. The lowest BCUT2D eigenvalue weighted by atomic mass is 9.98. The van der Waals surface area contributed by atoms with Crippen LogP contribution in [-0.2, 0) is 49.6 Å². The van der Waals surface area contributed by atoms with E-state index in [1.165, 1.54) is 7.11 Å². The molecule has 0 bridgehead atoms. The number of aromatic hydroxyl groups is 1. The Morgan fingerprint density at radius 3 is 2.46 bits per heavy atom. The smallest absolute Gasteiger partial charge is 0.354 e. The molecule has 244 valence electrons. The van der Waals surface area contributed by atoms with Gasteiger partial charge in [-0.15, -0.1) is 23.5 Å². The number of methoxy groups -OCH3 is 1. The number of hydrogen-bond acceptors (Lipinski definition) is 8. The topological polar surface area (TPSA) is 107 Å². The van der Waals surface area contributed by atoms with E-state index in [9.17, 15) is 15.0 Å². The molecule has 0 saturated heterocycles. The van der Waals surface area contributed by atoms with E-state index < -0.39 is 5.97 Å². The van der Waals surface area contributed by atoms with Crippen LogP contribution in [0.3, 0.4) is 0 Å². The second-order valence-electron chi connectivity index (χ2n) is 11.5. The number of nitrogens with zero attached hydrogens (tertiary/aromatic N) is 5. The molecule has 9 nitrogen and oxygen atoms in total. The summed E-state index contributed by atoms with van der Waals surface area (Å²) in [5, 5.41) is 30.9. The number of rotatable bonds is 12. The molecule has 0 unspecified atom stereocenters. The molecular weight excluding hydrogens is 642 g/mol. The van der Waals surface area contributed by atoms with Gasteiger partial charge in [0.25, 0.3) is 0 Å². The van der Waals surface area contributed by atoms with Crippen molar-refractivity contribution in [3.8, 4) is 16.9 Å². The maximum Gasteiger partial charge on any atom is 0.354 e. The van der Waals surface area contributed by atoms with Gasteiger partial charge in [-0.1, -0.05) is 17.7 Å².